The van der Waals surface area contributed by atoms with E-state index in [0.717, 1.165) is 41.5 Å². The second-order valence-electron chi connectivity index (χ2n) is 6.84. The normalized spacial score (nSPS) is 14.8. The van der Waals surface area contributed by atoms with Gasteiger partial charge >= 0.3 is 35.8 Å². The van der Waals surface area contributed by atoms with E-state index in [9.17, 15) is 38.9 Å². The highest BCUT2D eigenvalue weighted by molar-refractivity contribution is 5.70. The summed E-state index contributed by atoms with van der Waals surface area (Å²) in [7, 11) is 0. The van der Waals surface area contributed by atoms with Crippen LogP contribution in [0.1, 0.15) is 41.5 Å². The van der Waals surface area contributed by atoms with Crippen LogP contribution in [0.4, 0.5) is 0 Å². The van der Waals surface area contributed by atoms with E-state index < -0.39 is 84.4 Å². The summed E-state index contributed by atoms with van der Waals surface area (Å²) in [6, 6.07) is 0. The highest BCUT2D eigenvalue weighted by Gasteiger charge is 2.49. The molecule has 0 aromatic rings. The number of rotatable bonds is 13. The Labute approximate surface area is 194 Å². The van der Waals surface area contributed by atoms with Crippen molar-refractivity contribution in [1.82, 2.24) is 0 Å². The van der Waals surface area contributed by atoms with E-state index in [1.165, 1.54) is 0 Å². The fourth-order valence-electron chi connectivity index (χ4n) is 2.78. The maximum absolute atomic E-state index is 11.9. The summed E-state index contributed by atoms with van der Waals surface area (Å²) in [5.74, 6) is -5.82. The van der Waals surface area contributed by atoms with Gasteiger partial charge in [0.2, 0.25) is 12.6 Å². The average molecular weight is 493 g/mol. The third-order valence-corrected chi connectivity index (χ3v) is 3.70. The van der Waals surface area contributed by atoms with Crippen molar-refractivity contribution in [3.63, 3.8) is 0 Å². The van der Waals surface area contributed by atoms with Crippen LogP contribution in [0.25, 0.3) is 0 Å². The van der Waals surface area contributed by atoms with Gasteiger partial charge in [-0.25, -0.2) is 0 Å². The molecule has 0 radical (unpaired) electrons. The van der Waals surface area contributed by atoms with E-state index >= 15 is 0 Å². The summed E-state index contributed by atoms with van der Waals surface area (Å²) in [6.45, 7) is 3.90. The molecule has 0 heterocycles. The maximum atomic E-state index is 11.9. The summed E-state index contributed by atoms with van der Waals surface area (Å²) in [6.07, 6.45) is -9.09. The highest BCUT2D eigenvalue weighted by atomic mass is 16.7. The van der Waals surface area contributed by atoms with Gasteiger partial charge in [0, 0.05) is 46.5 Å². The van der Waals surface area contributed by atoms with E-state index in [2.05, 4.69) is 0 Å². The lowest BCUT2D eigenvalue weighted by Crippen LogP contribution is -2.57. The lowest BCUT2D eigenvalue weighted by atomic mass is 9.97. The minimum Gasteiger partial charge on any atom is -0.462 e. The fourth-order valence-corrected chi connectivity index (χ4v) is 2.78. The van der Waals surface area contributed by atoms with Crippen molar-refractivity contribution in [3.05, 3.63) is 10.1 Å². The molecule has 34 heavy (non-hydrogen) atoms. The smallest absolute Gasteiger partial charge is 0.303 e. The number of esters is 6. The van der Waals surface area contributed by atoms with Gasteiger partial charge in [-0.2, -0.15) is 0 Å². The molecule has 0 rings (SSSR count). The van der Waals surface area contributed by atoms with Crippen molar-refractivity contribution in [3.8, 4) is 0 Å². The van der Waals surface area contributed by atoms with Crippen LogP contribution in [-0.4, -0.2) is 84.4 Å². The fraction of sp³-hybridized carbons (Fsp3) is 0.684. The number of ether oxygens (including phenoxy) is 6. The van der Waals surface area contributed by atoms with Crippen molar-refractivity contribution < 1.29 is 62.1 Å². The lowest BCUT2D eigenvalue weighted by molar-refractivity contribution is -0.493. The number of nitrogens with zero attached hydrogens (tertiary/aromatic N) is 1. The zero-order chi connectivity index (χ0) is 26.6. The molecule has 0 aromatic carbocycles. The van der Waals surface area contributed by atoms with Crippen LogP contribution >= 0.6 is 0 Å². The topological polar surface area (TPSA) is 201 Å². The molecule has 15 heteroatoms. The first kappa shape index (κ1) is 30.2. The van der Waals surface area contributed by atoms with Crippen molar-refractivity contribution in [1.29, 1.82) is 0 Å². The molecule has 15 nitrogen and oxygen atoms in total. The third kappa shape index (κ3) is 12.3. The molecule has 0 aliphatic carbocycles. The second-order valence-corrected chi connectivity index (χ2v) is 6.84. The molecular weight excluding hydrogens is 466 g/mol. The van der Waals surface area contributed by atoms with Gasteiger partial charge in [-0.05, 0) is 0 Å². The molecule has 0 N–H and O–H groups in total. The van der Waals surface area contributed by atoms with Gasteiger partial charge in [-0.3, -0.25) is 38.9 Å². The van der Waals surface area contributed by atoms with Gasteiger partial charge in [0.25, 0.3) is 0 Å². The SMILES string of the molecule is CC(=O)OC[C@@H](OC(C)=O)[C@H](OC(C)=O)[C@H](OC(C)=O)[C@H](OC(C)=O)[C@@H](C[N+](=O)[O-])OC(C)=O. The molecule has 0 spiro atoms. The third-order valence-electron chi connectivity index (χ3n) is 3.70. The standard InChI is InChI=1S/C19H27NO14/c1-9(21)29-8-16(31-11(3)23)18(33-13(5)25)19(34-14(6)26)17(32-12(4)24)15(7-20(27)28)30-10(2)22/h15-19H,7-8H2,1-6H3/t15-,16-,17-,18+,19-/m1/s1. The first-order valence-corrected chi connectivity index (χ1v) is 9.75. The highest BCUT2D eigenvalue weighted by Crippen LogP contribution is 2.23. The summed E-state index contributed by atoms with van der Waals surface area (Å²) in [5, 5.41) is 11.2. The Morgan fingerprint density at radius 3 is 1.29 bits per heavy atom. The van der Waals surface area contributed by atoms with Gasteiger partial charge in [0.1, 0.15) is 6.61 Å². The van der Waals surface area contributed by atoms with Crippen molar-refractivity contribution in [2.24, 2.45) is 0 Å². The number of hydrogen-bond acceptors (Lipinski definition) is 14. The Bertz CT molecular complexity index is 778. The van der Waals surface area contributed by atoms with E-state index in [-0.39, 0.29) is 0 Å². The van der Waals surface area contributed by atoms with E-state index in [1.807, 2.05) is 0 Å². The molecule has 0 unspecified atom stereocenters. The van der Waals surface area contributed by atoms with Crippen LogP contribution in [0, 0.1) is 10.1 Å². The first-order chi connectivity index (χ1) is 15.6. The van der Waals surface area contributed by atoms with Gasteiger partial charge in [-0.1, -0.05) is 0 Å². The molecule has 5 atom stereocenters. The second kappa shape index (κ2) is 14.4. The Morgan fingerprint density at radius 2 is 0.941 bits per heavy atom. The molecule has 0 aliphatic rings. The van der Waals surface area contributed by atoms with Crippen LogP contribution in [0.3, 0.4) is 0 Å². The molecule has 0 fully saturated rings. The van der Waals surface area contributed by atoms with Crippen LogP contribution in [0.15, 0.2) is 0 Å². The molecule has 0 saturated carbocycles. The predicted octanol–water partition coefficient (Wildman–Crippen LogP) is -0.515. The molecule has 0 saturated heterocycles. The Hall–Kier alpha value is -3.78. The number of nitro groups is 1. The summed E-state index contributed by atoms with van der Waals surface area (Å²) < 4.78 is 30.2. The van der Waals surface area contributed by atoms with Crippen molar-refractivity contribution >= 4 is 35.8 Å². The van der Waals surface area contributed by atoms with Gasteiger partial charge in [0.15, 0.2) is 24.4 Å². The monoisotopic (exact) mass is 493 g/mol. The van der Waals surface area contributed by atoms with Gasteiger partial charge in [0.05, 0.1) is 0 Å². The molecular formula is C19H27NO14. The van der Waals surface area contributed by atoms with Gasteiger partial charge in [-0.15, -0.1) is 0 Å². The van der Waals surface area contributed by atoms with E-state index in [0.29, 0.717) is 0 Å². The lowest BCUT2D eigenvalue weighted by Gasteiger charge is -2.36. The number of carbonyl (C=O) groups excluding carboxylic acids is 6. The van der Waals surface area contributed by atoms with Crippen LogP contribution < -0.4 is 0 Å². The Balaban J connectivity index is 6.76. The summed E-state index contributed by atoms with van der Waals surface area (Å²) >= 11 is 0. The zero-order valence-corrected chi connectivity index (χ0v) is 19.5. The van der Waals surface area contributed by atoms with Crippen molar-refractivity contribution in [2.75, 3.05) is 13.2 Å². The van der Waals surface area contributed by atoms with E-state index in [4.69, 9.17) is 28.4 Å². The Kier molecular flexibility index (Phi) is 12.8. The first-order valence-electron chi connectivity index (χ1n) is 9.75. The predicted molar refractivity (Wildman–Crippen MR) is 106 cm³/mol. The minimum absolute atomic E-state index is 0.703. The largest absolute Gasteiger partial charge is 0.462 e. The van der Waals surface area contributed by atoms with Crippen LogP contribution in [0.5, 0.6) is 0 Å². The number of carbonyl (C=O) groups is 6. The molecule has 0 aromatic heterocycles. The molecule has 0 aliphatic heterocycles. The minimum atomic E-state index is -1.91. The average Bonchev–Trinajstić information content (AvgIpc) is 2.64. The Morgan fingerprint density at radius 1 is 0.588 bits per heavy atom. The summed E-state index contributed by atoms with van der Waals surface area (Å²) in [4.78, 5) is 80.3. The summed E-state index contributed by atoms with van der Waals surface area (Å²) in [5.41, 5.74) is 0. The number of hydrogen-bond donors (Lipinski definition) is 0. The van der Waals surface area contributed by atoms with Crippen molar-refractivity contribution in [2.45, 2.75) is 72.1 Å². The quantitative estimate of drug-likeness (QED) is 0.137. The molecule has 192 valence electrons. The van der Waals surface area contributed by atoms with Gasteiger partial charge < -0.3 is 28.4 Å². The van der Waals surface area contributed by atoms with E-state index in [1.54, 1.807) is 0 Å². The zero-order valence-electron chi connectivity index (χ0n) is 19.5. The molecule has 0 amide bonds. The molecule has 0 bridgehead atoms. The maximum Gasteiger partial charge on any atom is 0.303 e. The van der Waals surface area contributed by atoms with Crippen LogP contribution in [0.2, 0.25) is 0 Å². The van der Waals surface area contributed by atoms with Crippen LogP contribution in [-0.2, 0) is 57.2 Å².